The van der Waals surface area contributed by atoms with Crippen molar-refractivity contribution in [3.05, 3.63) is 189 Å². The minimum atomic E-state index is -0.869. The van der Waals surface area contributed by atoms with Crippen molar-refractivity contribution < 1.29 is 37.2 Å². The minimum Gasteiger partial charge on any atom is -0.493 e. The fourth-order valence-electron chi connectivity index (χ4n) is 15.8. The maximum Gasteiger partial charge on any atom is 0.284 e. The summed E-state index contributed by atoms with van der Waals surface area (Å²) < 4.78 is 82.6. The zero-order chi connectivity index (χ0) is 70.6. The van der Waals surface area contributed by atoms with Crippen LogP contribution >= 0.6 is 0 Å². The van der Waals surface area contributed by atoms with Gasteiger partial charge in [0, 0.05) is 68.6 Å². The van der Waals surface area contributed by atoms with Gasteiger partial charge in [0.05, 0.1) is 46.7 Å². The second-order valence-corrected chi connectivity index (χ2v) is 34.4. The van der Waals surface area contributed by atoms with Crippen molar-refractivity contribution in [1.29, 1.82) is 0 Å². The van der Waals surface area contributed by atoms with E-state index >= 15 is 8.78 Å². The Balaban J connectivity index is 1.06. The van der Waals surface area contributed by atoms with Crippen LogP contribution in [0.4, 0.5) is 8.78 Å². The Labute approximate surface area is 587 Å². The highest BCUT2D eigenvalue weighted by molar-refractivity contribution is 6.11. The molecule has 3 aliphatic rings. The molecule has 5 heterocycles. The highest BCUT2D eigenvalue weighted by Crippen LogP contribution is 2.53. The van der Waals surface area contributed by atoms with Crippen molar-refractivity contribution in [3.63, 3.8) is 0 Å². The molecule has 3 bridgehead atoms. The molecule has 0 fully saturated rings. The van der Waals surface area contributed by atoms with E-state index in [1.54, 1.807) is 24.3 Å². The van der Waals surface area contributed by atoms with Crippen molar-refractivity contribution in [2.45, 2.75) is 235 Å². The van der Waals surface area contributed by atoms with Gasteiger partial charge in [-0.2, -0.15) is 0 Å². The lowest BCUT2D eigenvalue weighted by molar-refractivity contribution is -0.171. The molecule has 8 nitrogen and oxygen atoms in total. The molecule has 3 aliphatic heterocycles. The number of ether oxygens (including phenoxy) is 6. The molecule has 0 N–H and O–H groups in total. The number of allylic oxidation sites excluding steroid dienone is 1. The number of nitrogens with zero attached hydrogens (tertiary/aromatic N) is 2. The van der Waals surface area contributed by atoms with Gasteiger partial charge in [-0.05, 0) is 184 Å². The van der Waals surface area contributed by atoms with Crippen LogP contribution in [0.2, 0.25) is 0 Å². The van der Waals surface area contributed by atoms with E-state index in [0.29, 0.717) is 94.4 Å². The third-order valence-electron chi connectivity index (χ3n) is 21.1. The maximum atomic E-state index is 16.9. The minimum absolute atomic E-state index is 0.0595. The van der Waals surface area contributed by atoms with E-state index in [0.717, 1.165) is 104 Å². The Kier molecular flexibility index (Phi) is 18.0. The molecule has 0 aliphatic carbocycles. The fraction of sp³-hybridized carbons (Fsp3) is 0.438. The average Bonchev–Trinajstić information content (AvgIpc) is 1.63. The second-order valence-electron chi connectivity index (χ2n) is 34.4. The number of aromatic nitrogens is 2. The molecule has 0 saturated carbocycles. The lowest BCUT2D eigenvalue weighted by Crippen LogP contribution is -2.33. The van der Waals surface area contributed by atoms with E-state index in [2.05, 4.69) is 230 Å². The smallest absolute Gasteiger partial charge is 0.284 e. The van der Waals surface area contributed by atoms with Gasteiger partial charge in [0.15, 0.2) is 11.5 Å². The predicted molar refractivity (Wildman–Crippen MR) is 404 cm³/mol. The van der Waals surface area contributed by atoms with Gasteiger partial charge >= 0.3 is 0 Å². The van der Waals surface area contributed by atoms with Gasteiger partial charge in [-0.3, -0.25) is 0 Å². The van der Waals surface area contributed by atoms with Crippen LogP contribution in [0.1, 0.15) is 221 Å². The summed E-state index contributed by atoms with van der Waals surface area (Å²) in [6.45, 7) is 43.0. The molecule has 10 heteroatoms. The lowest BCUT2D eigenvalue weighted by Gasteiger charge is -2.36. The van der Waals surface area contributed by atoms with Crippen molar-refractivity contribution in [1.82, 2.24) is 9.13 Å². The van der Waals surface area contributed by atoms with Gasteiger partial charge in [-0.1, -0.05) is 192 Å². The summed E-state index contributed by atoms with van der Waals surface area (Å²) in [4.78, 5) is 0. The largest absolute Gasteiger partial charge is 0.493 e. The van der Waals surface area contributed by atoms with E-state index < -0.39 is 23.8 Å². The Hall–Kier alpha value is -8.24. The van der Waals surface area contributed by atoms with Crippen LogP contribution in [-0.4, -0.2) is 34.9 Å². The highest BCUT2D eigenvalue weighted by Gasteiger charge is 2.38. The quantitative estimate of drug-likeness (QED) is 0.134. The van der Waals surface area contributed by atoms with Crippen LogP contribution < -0.4 is 18.9 Å². The number of hydrogen-bond donors (Lipinski definition) is 0. The lowest BCUT2D eigenvalue weighted by atomic mass is 9.71. The van der Waals surface area contributed by atoms with E-state index in [-0.39, 0.29) is 46.1 Å². The van der Waals surface area contributed by atoms with Gasteiger partial charge < -0.3 is 37.6 Å². The number of unbranched alkanes of at least 4 members (excludes halogenated alkanes) is 2. The molecule has 0 radical (unpaired) electrons. The van der Waals surface area contributed by atoms with E-state index in [1.807, 2.05) is 13.8 Å². The normalized spacial score (nSPS) is 16.7. The average molecular weight is 1340 g/mol. The molecule has 2 unspecified atom stereocenters. The molecule has 0 spiro atoms. The Morgan fingerprint density at radius 3 is 1.27 bits per heavy atom. The van der Waals surface area contributed by atoms with Gasteiger partial charge in [-0.15, -0.1) is 0 Å². The summed E-state index contributed by atoms with van der Waals surface area (Å²) in [5.41, 5.74) is 15.0. The molecule has 8 aromatic carbocycles. The van der Waals surface area contributed by atoms with Crippen molar-refractivity contribution in [2.75, 3.05) is 13.2 Å². The van der Waals surface area contributed by atoms with E-state index in [1.165, 1.54) is 16.7 Å². The summed E-state index contributed by atoms with van der Waals surface area (Å²) in [6.07, 6.45) is 6.05. The third-order valence-corrected chi connectivity index (χ3v) is 21.1. The number of para-hydroxylation sites is 1. The Morgan fingerprint density at radius 1 is 0.424 bits per heavy atom. The molecule has 2 atom stereocenters. The first-order chi connectivity index (χ1) is 46.7. The SMILES string of the molecule is CCCCCC(C)(C)c1cc2c(c(-n3c4ccccc4c4ccc(C(C)(C)C)cc43)c1)OC1CCC3=C(O1)OC(CC3)Oc1c(cc(C(C)(C)CC(C)(C)C)cc1-n1c3cc(C(C)(C)C)ccc3c3ccc(C(C)(C)C)cc31)-c1cc(F)cc(C)c1OCCCOc1c(C)cc(F)cc1-2. The zero-order valence-electron chi connectivity index (χ0n) is 62.4. The molecule has 0 saturated heterocycles. The zero-order valence-corrected chi connectivity index (χ0v) is 62.4. The summed E-state index contributed by atoms with van der Waals surface area (Å²) in [5, 5.41) is 4.46. The Morgan fingerprint density at radius 2 is 0.838 bits per heavy atom. The summed E-state index contributed by atoms with van der Waals surface area (Å²) >= 11 is 0. The fourth-order valence-corrected chi connectivity index (χ4v) is 15.8. The topological polar surface area (TPSA) is 65.2 Å². The van der Waals surface area contributed by atoms with Crippen LogP contribution in [-0.2, 0) is 36.5 Å². The molecule has 99 heavy (non-hydrogen) atoms. The van der Waals surface area contributed by atoms with Gasteiger partial charge in [0.1, 0.15) is 23.1 Å². The number of rotatable bonds is 9. The standard InChI is InChI=1S/C89H104F2N2O6/c1-20-21-24-38-88(16,17)59-43-67-69-50-61(90)41-53(2)79(69)94-39-25-40-95-80-54(3)42-62(91)51-70(80)68-44-60(89(18,19)52-84(4,5)6)49-76(93-73-46-57(86(10,11)12)31-34-65(73)66-35-32-58(47-74(66)93)87(13,14)15)82(68)97-78-37-29-55-28-36-77(98-83(55)99-78)96-81(67)75(48-59)92-71-27-23-22-26-63(71)64-33-30-56(45-72(64)92)85(7,8)9/h22-23,26-27,30-35,41-51,77-78H,20-21,24-25,28-29,36-40,52H2,1-19H3. The van der Waals surface area contributed by atoms with Crippen LogP contribution in [0.5, 0.6) is 23.0 Å². The van der Waals surface area contributed by atoms with Gasteiger partial charge in [0.25, 0.3) is 5.95 Å². The molecule has 0 amide bonds. The van der Waals surface area contributed by atoms with E-state index in [9.17, 15) is 0 Å². The first-order valence-corrected chi connectivity index (χ1v) is 36.4. The summed E-state index contributed by atoms with van der Waals surface area (Å²) in [6, 6.07) is 44.7. The molecule has 2 aromatic heterocycles. The van der Waals surface area contributed by atoms with Gasteiger partial charge in [0.2, 0.25) is 12.6 Å². The van der Waals surface area contributed by atoms with Gasteiger partial charge in [-0.25, -0.2) is 8.78 Å². The third kappa shape index (κ3) is 13.6. The predicted octanol–water partition coefficient (Wildman–Crippen LogP) is 24.7. The number of aryl methyl sites for hydroxylation is 2. The highest BCUT2D eigenvalue weighted by atomic mass is 19.1. The number of halogens is 2. The molecule has 13 rings (SSSR count). The first kappa shape index (κ1) is 69.2. The summed E-state index contributed by atoms with van der Waals surface area (Å²) in [7, 11) is 0. The van der Waals surface area contributed by atoms with Crippen LogP contribution in [0.15, 0.2) is 139 Å². The molecular weight excluding hydrogens is 1230 g/mol. The van der Waals surface area contributed by atoms with Crippen molar-refractivity contribution in [2.24, 2.45) is 5.41 Å². The van der Waals surface area contributed by atoms with Crippen LogP contribution in [0, 0.1) is 30.9 Å². The van der Waals surface area contributed by atoms with E-state index in [4.69, 9.17) is 28.4 Å². The molecule has 10 aromatic rings. The van der Waals surface area contributed by atoms with Crippen molar-refractivity contribution in [3.8, 4) is 56.6 Å². The number of benzene rings is 8. The van der Waals surface area contributed by atoms with Crippen LogP contribution in [0.25, 0.3) is 77.2 Å². The van der Waals surface area contributed by atoms with Crippen molar-refractivity contribution >= 4 is 43.6 Å². The number of hydrogen-bond acceptors (Lipinski definition) is 6. The molecule has 520 valence electrons. The van der Waals surface area contributed by atoms with Crippen LogP contribution in [0.3, 0.4) is 0 Å². The number of fused-ring (bicyclic) bond motifs is 14. The Bertz CT molecular complexity index is 4740. The monoisotopic (exact) mass is 1330 g/mol. The summed E-state index contributed by atoms with van der Waals surface area (Å²) in [5.74, 6) is 1.74. The maximum absolute atomic E-state index is 16.9. The second kappa shape index (κ2) is 25.7. The first-order valence-electron chi connectivity index (χ1n) is 36.4. The molecular formula is C89H104F2N2O6.